The number of aryl methyl sites for hydroxylation is 1. The lowest BCUT2D eigenvalue weighted by Crippen LogP contribution is -2.37. The maximum Gasteiger partial charge on any atom is 0.262 e. The minimum atomic E-state index is -0.359. The molecule has 2 aromatic carbocycles. The molecule has 0 heterocycles. The molecule has 0 bridgehead atoms. The summed E-state index contributed by atoms with van der Waals surface area (Å²) >= 11 is 5.95. The number of hydrogen-bond acceptors (Lipinski definition) is 3. The average Bonchev–Trinajstić information content (AvgIpc) is 2.55. The molecule has 5 heteroatoms. The van der Waals surface area contributed by atoms with Crippen LogP contribution in [0.25, 0.3) is 0 Å². The molecule has 1 unspecified atom stereocenters. The molecule has 0 aromatic heterocycles. The van der Waals surface area contributed by atoms with Gasteiger partial charge in [-0.05, 0) is 42.7 Å². The van der Waals surface area contributed by atoms with Gasteiger partial charge >= 0.3 is 0 Å². The quantitative estimate of drug-likeness (QED) is 0.622. The summed E-state index contributed by atoms with van der Waals surface area (Å²) in [5, 5.41) is 7.91. The van der Waals surface area contributed by atoms with Crippen molar-refractivity contribution in [3.63, 3.8) is 0 Å². The van der Waals surface area contributed by atoms with Crippen molar-refractivity contribution in [1.29, 1.82) is 0 Å². The lowest BCUT2D eigenvalue weighted by Gasteiger charge is -2.18. The number of benzene rings is 2. The number of amides is 1. The van der Waals surface area contributed by atoms with Gasteiger partial charge in [0.05, 0.1) is 6.21 Å². The normalized spacial score (nSPS) is 12.1. The van der Waals surface area contributed by atoms with Crippen LogP contribution in [-0.4, -0.2) is 18.2 Å². The molecule has 2 aromatic rings. The van der Waals surface area contributed by atoms with Crippen LogP contribution in [0.3, 0.4) is 0 Å². The van der Waals surface area contributed by atoms with Crippen molar-refractivity contribution in [2.75, 3.05) is 5.32 Å². The van der Waals surface area contributed by atoms with Gasteiger partial charge in [-0.3, -0.25) is 4.79 Å². The largest absolute Gasteiger partial charge is 0.373 e. The van der Waals surface area contributed by atoms with Gasteiger partial charge in [-0.15, -0.1) is 0 Å². The molecule has 1 atom stereocenters. The highest BCUT2D eigenvalue weighted by Crippen LogP contribution is 2.20. The maximum absolute atomic E-state index is 12.2. The minimum absolute atomic E-state index is 0.172. The van der Waals surface area contributed by atoms with Crippen LogP contribution >= 0.6 is 11.6 Å². The molecule has 0 saturated carbocycles. The Labute approximate surface area is 141 Å². The molecule has 4 nitrogen and oxygen atoms in total. The second-order valence-corrected chi connectivity index (χ2v) is 5.65. The van der Waals surface area contributed by atoms with E-state index in [0.717, 1.165) is 16.8 Å². The SMILES string of the molecule is CCC(Nc1ccc(Cl)cc1C)C(=O)N/N=C/c1ccccc1. The predicted octanol–water partition coefficient (Wildman–Crippen LogP) is 3.99. The van der Waals surface area contributed by atoms with Gasteiger partial charge < -0.3 is 5.32 Å². The fourth-order valence-corrected chi connectivity index (χ4v) is 2.34. The molecule has 0 aliphatic heterocycles. The summed E-state index contributed by atoms with van der Waals surface area (Å²) in [6.45, 7) is 3.90. The Morgan fingerprint density at radius 3 is 2.65 bits per heavy atom. The fourth-order valence-electron chi connectivity index (χ4n) is 2.12. The van der Waals surface area contributed by atoms with Crippen molar-refractivity contribution in [3.05, 3.63) is 64.7 Å². The van der Waals surface area contributed by atoms with Crippen molar-refractivity contribution in [3.8, 4) is 0 Å². The number of hydrazone groups is 1. The van der Waals surface area contributed by atoms with E-state index < -0.39 is 0 Å². The summed E-state index contributed by atoms with van der Waals surface area (Å²) in [5.41, 5.74) is 5.40. The van der Waals surface area contributed by atoms with Crippen molar-refractivity contribution in [1.82, 2.24) is 5.43 Å². The minimum Gasteiger partial charge on any atom is -0.373 e. The molecule has 1 amide bonds. The summed E-state index contributed by atoms with van der Waals surface area (Å²) in [6.07, 6.45) is 2.27. The van der Waals surface area contributed by atoms with Gasteiger partial charge in [0.25, 0.3) is 5.91 Å². The number of hydrogen-bond donors (Lipinski definition) is 2. The van der Waals surface area contributed by atoms with Gasteiger partial charge in [0, 0.05) is 10.7 Å². The number of halogens is 1. The van der Waals surface area contributed by atoms with E-state index in [2.05, 4.69) is 15.8 Å². The van der Waals surface area contributed by atoms with Crippen LogP contribution in [0.5, 0.6) is 0 Å². The smallest absolute Gasteiger partial charge is 0.262 e. The lowest BCUT2D eigenvalue weighted by atomic mass is 10.1. The molecule has 120 valence electrons. The summed E-state index contributed by atoms with van der Waals surface area (Å²) in [7, 11) is 0. The highest BCUT2D eigenvalue weighted by Gasteiger charge is 2.16. The molecular formula is C18H20ClN3O. The Morgan fingerprint density at radius 1 is 1.26 bits per heavy atom. The van der Waals surface area contributed by atoms with Crippen molar-refractivity contribution < 1.29 is 4.79 Å². The molecule has 0 radical (unpaired) electrons. The van der Waals surface area contributed by atoms with Gasteiger partial charge in [0.2, 0.25) is 0 Å². The average molecular weight is 330 g/mol. The molecule has 0 fully saturated rings. The monoisotopic (exact) mass is 329 g/mol. The van der Waals surface area contributed by atoms with Crippen LogP contribution in [0.1, 0.15) is 24.5 Å². The van der Waals surface area contributed by atoms with Crippen molar-refractivity contribution in [2.45, 2.75) is 26.3 Å². The van der Waals surface area contributed by atoms with E-state index in [1.807, 2.05) is 56.3 Å². The van der Waals surface area contributed by atoms with Crippen LogP contribution in [0.15, 0.2) is 53.6 Å². The number of nitrogens with one attached hydrogen (secondary N) is 2. The summed E-state index contributed by atoms with van der Waals surface area (Å²) in [6, 6.07) is 14.8. The Hall–Kier alpha value is -2.33. The predicted molar refractivity (Wildman–Crippen MR) is 96.1 cm³/mol. The number of carbonyl (C=O) groups excluding carboxylic acids is 1. The molecule has 0 aliphatic carbocycles. The third kappa shape index (κ3) is 5.11. The molecule has 0 saturated heterocycles. The van der Waals surface area contributed by atoms with Crippen LogP contribution in [0.2, 0.25) is 5.02 Å². The second-order valence-electron chi connectivity index (χ2n) is 5.21. The third-order valence-electron chi connectivity index (χ3n) is 3.43. The number of carbonyl (C=O) groups is 1. The Balaban J connectivity index is 1.97. The lowest BCUT2D eigenvalue weighted by molar-refractivity contribution is -0.121. The summed E-state index contributed by atoms with van der Waals surface area (Å²) < 4.78 is 0. The van der Waals surface area contributed by atoms with Gasteiger partial charge in [0.1, 0.15) is 6.04 Å². The Morgan fingerprint density at radius 2 is 2.00 bits per heavy atom. The zero-order valence-corrected chi connectivity index (χ0v) is 14.0. The standard InChI is InChI=1S/C18H20ClN3O/c1-3-16(21-17-10-9-15(19)11-13(17)2)18(23)22-20-12-14-7-5-4-6-8-14/h4-12,16,21H,3H2,1-2H3,(H,22,23)/b20-12+. The topological polar surface area (TPSA) is 53.5 Å². The summed E-state index contributed by atoms with van der Waals surface area (Å²) in [5.74, 6) is -0.172. The Bertz CT molecular complexity index is 686. The van der Waals surface area contributed by atoms with Crippen LogP contribution in [0.4, 0.5) is 5.69 Å². The first-order chi connectivity index (χ1) is 11.1. The van der Waals surface area contributed by atoms with Gasteiger partial charge in [-0.2, -0.15) is 5.10 Å². The van der Waals surface area contributed by atoms with E-state index in [-0.39, 0.29) is 11.9 Å². The molecule has 2 rings (SSSR count). The zero-order chi connectivity index (χ0) is 16.7. The first-order valence-corrected chi connectivity index (χ1v) is 7.88. The van der Waals surface area contributed by atoms with E-state index >= 15 is 0 Å². The molecule has 2 N–H and O–H groups in total. The van der Waals surface area contributed by atoms with Crippen molar-refractivity contribution >= 4 is 29.4 Å². The van der Waals surface area contributed by atoms with E-state index in [9.17, 15) is 4.79 Å². The number of rotatable bonds is 6. The number of nitrogens with zero attached hydrogens (tertiary/aromatic N) is 1. The third-order valence-corrected chi connectivity index (χ3v) is 3.67. The van der Waals surface area contributed by atoms with E-state index in [4.69, 9.17) is 11.6 Å². The van der Waals surface area contributed by atoms with Crippen LogP contribution < -0.4 is 10.7 Å². The first kappa shape index (κ1) is 17.0. The second kappa shape index (κ2) is 8.34. The first-order valence-electron chi connectivity index (χ1n) is 7.51. The Kier molecular flexibility index (Phi) is 6.18. The highest BCUT2D eigenvalue weighted by atomic mass is 35.5. The van der Waals surface area contributed by atoms with E-state index in [1.165, 1.54) is 0 Å². The van der Waals surface area contributed by atoms with Crippen LogP contribution in [0, 0.1) is 6.92 Å². The van der Waals surface area contributed by atoms with E-state index in [0.29, 0.717) is 11.4 Å². The number of anilines is 1. The summed E-state index contributed by atoms with van der Waals surface area (Å²) in [4.78, 5) is 12.2. The van der Waals surface area contributed by atoms with E-state index in [1.54, 1.807) is 12.3 Å². The van der Waals surface area contributed by atoms with Crippen LogP contribution in [-0.2, 0) is 4.79 Å². The van der Waals surface area contributed by atoms with Gasteiger partial charge in [-0.25, -0.2) is 5.43 Å². The molecule has 0 spiro atoms. The molecule has 23 heavy (non-hydrogen) atoms. The maximum atomic E-state index is 12.2. The molecular weight excluding hydrogens is 310 g/mol. The van der Waals surface area contributed by atoms with Gasteiger partial charge in [-0.1, -0.05) is 48.9 Å². The zero-order valence-electron chi connectivity index (χ0n) is 13.2. The van der Waals surface area contributed by atoms with Crippen molar-refractivity contribution in [2.24, 2.45) is 5.10 Å². The molecule has 0 aliphatic rings. The fraction of sp³-hybridized carbons (Fsp3) is 0.222. The van der Waals surface area contributed by atoms with Gasteiger partial charge in [0.15, 0.2) is 0 Å². The highest BCUT2D eigenvalue weighted by molar-refractivity contribution is 6.30.